The number of nitrogens with zero attached hydrogens (tertiary/aromatic N) is 2. The number of benzene rings is 2. The largest absolute Gasteiger partial charge is 0.486 e. The third kappa shape index (κ3) is 2.36. The molecule has 0 atom stereocenters. The highest BCUT2D eigenvalue weighted by atomic mass is 16.5. The van der Waals surface area contributed by atoms with Crippen LogP contribution in [-0.2, 0) is 6.42 Å². The predicted octanol–water partition coefficient (Wildman–Crippen LogP) is 3.30. The Morgan fingerprint density at radius 1 is 1.12 bits per heavy atom. The molecule has 0 unspecified atom stereocenters. The van der Waals surface area contributed by atoms with Gasteiger partial charge in [-0.05, 0) is 26.0 Å². The Balaban J connectivity index is 1.95. The summed E-state index contributed by atoms with van der Waals surface area (Å²) in [6, 6.07) is 11.4. The Hall–Kier alpha value is -3.02. The zero-order chi connectivity index (χ0) is 16.9. The highest BCUT2D eigenvalue weighted by Crippen LogP contribution is 2.47. The maximum atomic E-state index is 6.13. The summed E-state index contributed by atoms with van der Waals surface area (Å²) in [4.78, 5) is 8.36. The number of rotatable bonds is 2. The lowest BCUT2D eigenvalue weighted by Crippen LogP contribution is -2.24. The van der Waals surface area contributed by atoms with Gasteiger partial charge >= 0.3 is 0 Å². The van der Waals surface area contributed by atoms with Crippen molar-refractivity contribution < 1.29 is 9.47 Å². The number of para-hydroxylation sites is 1. The fourth-order valence-electron chi connectivity index (χ4n) is 3.05. The molecule has 4 N–H and O–H groups in total. The summed E-state index contributed by atoms with van der Waals surface area (Å²) in [6.45, 7) is 4.05. The third-order valence-corrected chi connectivity index (χ3v) is 4.00. The molecule has 0 amide bonds. The van der Waals surface area contributed by atoms with Gasteiger partial charge in [-0.25, -0.2) is 4.98 Å². The normalized spacial score (nSPS) is 15.1. The van der Waals surface area contributed by atoms with Gasteiger partial charge in [0.05, 0.1) is 10.9 Å². The van der Waals surface area contributed by atoms with E-state index in [1.165, 1.54) is 0 Å². The first-order valence-corrected chi connectivity index (χ1v) is 7.73. The average molecular weight is 322 g/mol. The molecule has 0 radical (unpaired) electrons. The van der Waals surface area contributed by atoms with Crippen LogP contribution in [0.25, 0.3) is 10.9 Å². The summed E-state index contributed by atoms with van der Waals surface area (Å²) in [7, 11) is 0. The second-order valence-electron chi connectivity index (χ2n) is 6.50. The van der Waals surface area contributed by atoms with E-state index in [1.807, 2.05) is 50.2 Å². The summed E-state index contributed by atoms with van der Waals surface area (Å²) in [5, 5.41) is 0.685. The van der Waals surface area contributed by atoms with Crippen molar-refractivity contribution in [3.8, 4) is 17.2 Å². The molecule has 1 aromatic heterocycles. The van der Waals surface area contributed by atoms with Crippen LogP contribution in [0.5, 0.6) is 17.2 Å². The number of aromatic nitrogens is 2. The first-order chi connectivity index (χ1) is 11.4. The van der Waals surface area contributed by atoms with E-state index >= 15 is 0 Å². The summed E-state index contributed by atoms with van der Waals surface area (Å²) in [5.74, 6) is 2.58. The van der Waals surface area contributed by atoms with Crippen molar-refractivity contribution >= 4 is 22.7 Å². The fourth-order valence-corrected chi connectivity index (χ4v) is 3.05. The number of nitrogens with two attached hydrogens (primary N) is 2. The number of hydrogen-bond acceptors (Lipinski definition) is 6. The molecule has 1 aliphatic heterocycles. The Morgan fingerprint density at radius 2 is 1.88 bits per heavy atom. The zero-order valence-electron chi connectivity index (χ0n) is 13.5. The first-order valence-electron chi connectivity index (χ1n) is 7.73. The molecule has 24 heavy (non-hydrogen) atoms. The summed E-state index contributed by atoms with van der Waals surface area (Å²) in [6.07, 6.45) is 0.713. The molecule has 122 valence electrons. The van der Waals surface area contributed by atoms with Crippen LogP contribution in [0.3, 0.4) is 0 Å². The van der Waals surface area contributed by atoms with Crippen molar-refractivity contribution in [2.24, 2.45) is 0 Å². The Labute approximate surface area is 139 Å². The minimum Gasteiger partial charge on any atom is -0.486 e. The van der Waals surface area contributed by atoms with Gasteiger partial charge in [-0.15, -0.1) is 0 Å². The monoisotopic (exact) mass is 322 g/mol. The topological polar surface area (TPSA) is 96.3 Å². The molecule has 1 aliphatic rings. The Bertz CT molecular complexity index is 939. The van der Waals surface area contributed by atoms with Crippen LogP contribution < -0.4 is 20.9 Å². The minimum absolute atomic E-state index is 0.128. The first kappa shape index (κ1) is 14.6. The van der Waals surface area contributed by atoms with Crippen molar-refractivity contribution in [3.63, 3.8) is 0 Å². The predicted molar refractivity (Wildman–Crippen MR) is 93.3 cm³/mol. The van der Waals surface area contributed by atoms with Crippen LogP contribution in [0.4, 0.5) is 11.8 Å². The smallest absolute Gasteiger partial charge is 0.222 e. The number of anilines is 2. The second-order valence-corrected chi connectivity index (χ2v) is 6.50. The van der Waals surface area contributed by atoms with Gasteiger partial charge in [0, 0.05) is 18.1 Å². The number of ether oxygens (including phenoxy) is 2. The fraction of sp³-hybridized carbons (Fsp3) is 0.222. The molecular formula is C18H18N4O2. The lowest BCUT2D eigenvalue weighted by Gasteiger charge is -2.17. The van der Waals surface area contributed by atoms with E-state index in [0.717, 1.165) is 11.3 Å². The van der Waals surface area contributed by atoms with Gasteiger partial charge in [-0.2, -0.15) is 4.98 Å². The molecule has 0 bridgehead atoms. The van der Waals surface area contributed by atoms with Gasteiger partial charge in [0.1, 0.15) is 28.7 Å². The van der Waals surface area contributed by atoms with Gasteiger partial charge in [0.25, 0.3) is 0 Å². The molecule has 0 aliphatic carbocycles. The van der Waals surface area contributed by atoms with Gasteiger partial charge < -0.3 is 20.9 Å². The van der Waals surface area contributed by atoms with Crippen molar-refractivity contribution in [3.05, 3.63) is 42.0 Å². The summed E-state index contributed by atoms with van der Waals surface area (Å²) >= 11 is 0. The van der Waals surface area contributed by atoms with E-state index in [9.17, 15) is 0 Å². The molecule has 4 rings (SSSR count). The van der Waals surface area contributed by atoms with Crippen molar-refractivity contribution in [2.75, 3.05) is 11.5 Å². The van der Waals surface area contributed by atoms with E-state index < -0.39 is 0 Å². The molecule has 2 heterocycles. The lowest BCUT2D eigenvalue weighted by molar-refractivity contribution is 0.140. The van der Waals surface area contributed by atoms with Crippen LogP contribution in [-0.4, -0.2) is 15.6 Å². The molecule has 6 nitrogen and oxygen atoms in total. The molecule has 3 aromatic rings. The van der Waals surface area contributed by atoms with E-state index in [4.69, 9.17) is 20.9 Å². The van der Waals surface area contributed by atoms with E-state index in [-0.39, 0.29) is 11.5 Å². The standard InChI is InChI=1S/C18H18N4O2/c1-18(2)9-11-13(23-10-6-4-3-5-7-10)8-12-14(15(11)24-18)16(19)22-17(20)21-12/h3-8H,9H2,1-2H3,(H4,19,20,21,22). The van der Waals surface area contributed by atoms with Gasteiger partial charge in [-0.1, -0.05) is 18.2 Å². The number of fused-ring (bicyclic) bond motifs is 3. The van der Waals surface area contributed by atoms with Gasteiger partial charge in [-0.3, -0.25) is 0 Å². The molecule has 0 saturated heterocycles. The summed E-state index contributed by atoms with van der Waals surface area (Å²) in [5.41, 5.74) is 13.0. The van der Waals surface area contributed by atoms with Crippen LogP contribution in [0.15, 0.2) is 36.4 Å². The van der Waals surface area contributed by atoms with Gasteiger partial charge in [0.2, 0.25) is 5.95 Å². The van der Waals surface area contributed by atoms with Crippen LogP contribution in [0.2, 0.25) is 0 Å². The highest BCUT2D eigenvalue weighted by Gasteiger charge is 2.35. The molecule has 0 spiro atoms. The maximum Gasteiger partial charge on any atom is 0.222 e. The molecule has 6 heteroatoms. The van der Waals surface area contributed by atoms with E-state index in [2.05, 4.69) is 9.97 Å². The number of hydrogen-bond donors (Lipinski definition) is 2. The molecule has 0 saturated carbocycles. The maximum absolute atomic E-state index is 6.13. The van der Waals surface area contributed by atoms with Crippen LogP contribution >= 0.6 is 0 Å². The number of nitrogen functional groups attached to an aromatic ring is 2. The van der Waals surface area contributed by atoms with E-state index in [1.54, 1.807) is 0 Å². The molecular weight excluding hydrogens is 304 g/mol. The van der Waals surface area contributed by atoms with Crippen molar-refractivity contribution in [1.82, 2.24) is 9.97 Å². The Morgan fingerprint density at radius 3 is 2.62 bits per heavy atom. The van der Waals surface area contributed by atoms with Crippen molar-refractivity contribution in [1.29, 1.82) is 0 Å². The average Bonchev–Trinajstić information content (AvgIpc) is 2.83. The Kier molecular flexibility index (Phi) is 3.03. The minimum atomic E-state index is -0.348. The quantitative estimate of drug-likeness (QED) is 0.751. The second kappa shape index (κ2) is 4.99. The molecule has 2 aromatic carbocycles. The lowest BCUT2D eigenvalue weighted by atomic mass is 9.99. The van der Waals surface area contributed by atoms with Crippen LogP contribution in [0, 0.1) is 0 Å². The zero-order valence-corrected chi connectivity index (χ0v) is 13.5. The van der Waals surface area contributed by atoms with Crippen LogP contribution in [0.1, 0.15) is 19.4 Å². The highest BCUT2D eigenvalue weighted by molar-refractivity contribution is 5.97. The van der Waals surface area contributed by atoms with Gasteiger partial charge in [0.15, 0.2) is 0 Å². The van der Waals surface area contributed by atoms with Crippen molar-refractivity contribution in [2.45, 2.75) is 25.9 Å². The molecule has 0 fully saturated rings. The van der Waals surface area contributed by atoms with E-state index in [0.29, 0.717) is 34.6 Å². The summed E-state index contributed by atoms with van der Waals surface area (Å²) < 4.78 is 12.2. The SMILES string of the molecule is CC1(C)Cc2c(Oc3ccccc3)cc3nc(N)nc(N)c3c2O1. The third-order valence-electron chi connectivity index (χ3n) is 4.00.